The van der Waals surface area contributed by atoms with Crippen LogP contribution in [0.1, 0.15) is 28.1 Å². The molecule has 10 heteroatoms. The third-order valence-electron chi connectivity index (χ3n) is 5.90. The maximum atomic E-state index is 12.6. The summed E-state index contributed by atoms with van der Waals surface area (Å²) in [5.74, 6) is 1.19. The molecule has 0 saturated carbocycles. The molecule has 0 saturated heterocycles. The number of amides is 2. The molecule has 9 nitrogen and oxygen atoms in total. The van der Waals surface area contributed by atoms with E-state index in [1.54, 1.807) is 12.1 Å². The summed E-state index contributed by atoms with van der Waals surface area (Å²) in [5.41, 5.74) is 5.83. The lowest BCUT2D eigenvalue weighted by Crippen LogP contribution is -2.29. The molecule has 0 bridgehead atoms. The average molecular weight is 503 g/mol. The molecular formula is C26H26N6O3S. The minimum Gasteiger partial charge on any atom is -0.331 e. The number of aryl methyl sites for hydroxylation is 2. The van der Waals surface area contributed by atoms with Gasteiger partial charge in [0.25, 0.3) is 5.69 Å². The molecule has 4 rings (SSSR count). The predicted molar refractivity (Wildman–Crippen MR) is 141 cm³/mol. The number of hydrogen-bond donors (Lipinski definition) is 2. The molecule has 1 heterocycles. The number of nitro groups is 1. The smallest absolute Gasteiger partial charge is 0.319 e. The third-order valence-corrected chi connectivity index (χ3v) is 6.87. The van der Waals surface area contributed by atoms with E-state index in [9.17, 15) is 14.9 Å². The van der Waals surface area contributed by atoms with Crippen LogP contribution < -0.4 is 10.6 Å². The number of carbonyl (C=O) groups excluding carboxylic acids is 1. The van der Waals surface area contributed by atoms with E-state index >= 15 is 0 Å². The van der Waals surface area contributed by atoms with Gasteiger partial charge in [-0.3, -0.25) is 14.7 Å². The van der Waals surface area contributed by atoms with Crippen molar-refractivity contribution in [3.63, 3.8) is 0 Å². The van der Waals surface area contributed by atoms with Crippen molar-refractivity contribution < 1.29 is 9.72 Å². The number of nitro benzene ring substituents is 1. The normalized spacial score (nSPS) is 10.8. The Morgan fingerprint density at radius 1 is 0.972 bits per heavy atom. The second-order valence-corrected chi connectivity index (χ2v) is 9.22. The number of rotatable bonds is 8. The Kier molecular flexibility index (Phi) is 7.65. The number of nitrogens with one attached hydrogen (secondary N) is 2. The first-order chi connectivity index (χ1) is 17.3. The van der Waals surface area contributed by atoms with Gasteiger partial charge in [0.05, 0.1) is 11.5 Å². The van der Waals surface area contributed by atoms with E-state index in [1.807, 2.05) is 48.7 Å². The first-order valence-corrected chi connectivity index (χ1v) is 12.3. The summed E-state index contributed by atoms with van der Waals surface area (Å²) < 4.78 is 1.81. The predicted octanol–water partition coefficient (Wildman–Crippen LogP) is 5.71. The molecule has 184 valence electrons. The largest absolute Gasteiger partial charge is 0.331 e. The molecule has 2 N–H and O–H groups in total. The monoisotopic (exact) mass is 502 g/mol. The molecule has 2 amide bonds. The first kappa shape index (κ1) is 24.9. The van der Waals surface area contributed by atoms with Gasteiger partial charge in [-0.05, 0) is 61.2 Å². The summed E-state index contributed by atoms with van der Waals surface area (Å²) in [6.07, 6.45) is 0. The highest BCUT2D eigenvalue weighted by Gasteiger charge is 2.17. The number of carbonyl (C=O) groups is 1. The van der Waals surface area contributed by atoms with Crippen molar-refractivity contribution in [3.05, 3.63) is 105 Å². The molecule has 0 spiro atoms. The van der Waals surface area contributed by atoms with Crippen LogP contribution in [-0.4, -0.2) is 25.7 Å². The van der Waals surface area contributed by atoms with E-state index in [-0.39, 0.29) is 18.3 Å². The minimum absolute atomic E-state index is 0.00600. The zero-order valence-corrected chi connectivity index (χ0v) is 21.0. The molecule has 36 heavy (non-hydrogen) atoms. The number of hydrogen-bond acceptors (Lipinski definition) is 6. The van der Waals surface area contributed by atoms with Crippen molar-refractivity contribution in [1.29, 1.82) is 0 Å². The molecule has 0 radical (unpaired) electrons. The molecule has 0 aliphatic rings. The molecule has 0 atom stereocenters. The summed E-state index contributed by atoms with van der Waals surface area (Å²) in [6, 6.07) is 19.7. The van der Waals surface area contributed by atoms with Crippen LogP contribution in [0.3, 0.4) is 0 Å². The van der Waals surface area contributed by atoms with Gasteiger partial charge >= 0.3 is 6.03 Å². The lowest BCUT2D eigenvalue weighted by atomic mass is 10.1. The van der Waals surface area contributed by atoms with Gasteiger partial charge in [0.2, 0.25) is 0 Å². The summed E-state index contributed by atoms with van der Waals surface area (Å²) in [6.45, 7) is 6.11. The Bertz CT molecular complexity index is 1400. The zero-order chi connectivity index (χ0) is 25.7. The molecule has 0 aliphatic heterocycles. The summed E-state index contributed by atoms with van der Waals surface area (Å²) in [7, 11) is 0. The fourth-order valence-electron chi connectivity index (χ4n) is 3.62. The van der Waals surface area contributed by atoms with E-state index in [0.717, 1.165) is 16.8 Å². The molecule has 3 aromatic carbocycles. The van der Waals surface area contributed by atoms with Crippen LogP contribution in [0.5, 0.6) is 0 Å². The number of non-ortho nitro benzene ring substituents is 1. The van der Waals surface area contributed by atoms with Gasteiger partial charge in [-0.2, -0.15) is 0 Å². The van der Waals surface area contributed by atoms with Gasteiger partial charge in [-0.25, -0.2) is 4.79 Å². The maximum absolute atomic E-state index is 12.6. The number of benzene rings is 3. The highest BCUT2D eigenvalue weighted by atomic mass is 32.2. The van der Waals surface area contributed by atoms with Crippen molar-refractivity contribution in [2.45, 2.75) is 38.2 Å². The van der Waals surface area contributed by atoms with E-state index in [4.69, 9.17) is 0 Å². The summed E-state index contributed by atoms with van der Waals surface area (Å²) in [4.78, 5) is 23.3. The number of nitrogens with zero attached hydrogens (tertiary/aromatic N) is 4. The van der Waals surface area contributed by atoms with Gasteiger partial charge in [-0.15, -0.1) is 10.2 Å². The molecule has 0 aliphatic carbocycles. The summed E-state index contributed by atoms with van der Waals surface area (Å²) in [5, 5.41) is 26.1. The van der Waals surface area contributed by atoms with Crippen LogP contribution in [0, 0.1) is 30.9 Å². The Balaban J connectivity index is 1.56. The topological polar surface area (TPSA) is 115 Å². The number of aromatic nitrogens is 3. The lowest BCUT2D eigenvalue weighted by Gasteiger charge is -2.13. The first-order valence-electron chi connectivity index (χ1n) is 11.3. The van der Waals surface area contributed by atoms with Gasteiger partial charge in [0.1, 0.15) is 0 Å². The fourth-order valence-corrected chi connectivity index (χ4v) is 4.66. The molecule has 4 aromatic rings. The highest BCUT2D eigenvalue weighted by Crippen LogP contribution is 2.27. The van der Waals surface area contributed by atoms with Crippen LogP contribution in [0.15, 0.2) is 71.9 Å². The average Bonchev–Trinajstić information content (AvgIpc) is 3.28. The number of anilines is 1. The Labute approximate surface area is 213 Å². The van der Waals surface area contributed by atoms with Crippen molar-refractivity contribution >= 4 is 29.2 Å². The molecule has 0 unspecified atom stereocenters. The lowest BCUT2D eigenvalue weighted by molar-refractivity contribution is -0.384. The fraction of sp³-hybridized carbons (Fsp3) is 0.192. The van der Waals surface area contributed by atoms with Crippen LogP contribution in [0.2, 0.25) is 0 Å². The van der Waals surface area contributed by atoms with Crippen LogP contribution in [0.25, 0.3) is 5.69 Å². The second kappa shape index (κ2) is 11.0. The van der Waals surface area contributed by atoms with Crippen molar-refractivity contribution in [2.24, 2.45) is 0 Å². The molecular weight excluding hydrogens is 476 g/mol. The molecule has 0 fully saturated rings. The van der Waals surface area contributed by atoms with Gasteiger partial charge < -0.3 is 10.6 Å². The third kappa shape index (κ3) is 5.72. The Morgan fingerprint density at radius 3 is 2.42 bits per heavy atom. The standard InChI is InChI=1S/C26H26N6O3S/c1-17-8-6-10-23(19(17)3)28-25(33)27-15-24-29-30-26(36-16-20-9-5-4-7-18(20)2)31(24)21-11-13-22(14-12-21)32(34)35/h4-14H,15-16H2,1-3H3,(H2,27,28,33). The van der Waals surface area contributed by atoms with Crippen molar-refractivity contribution in [2.75, 3.05) is 5.32 Å². The quantitative estimate of drug-likeness (QED) is 0.181. The summed E-state index contributed by atoms with van der Waals surface area (Å²) >= 11 is 1.51. The van der Waals surface area contributed by atoms with Crippen molar-refractivity contribution in [3.8, 4) is 5.69 Å². The van der Waals surface area contributed by atoms with E-state index in [2.05, 4.69) is 39.9 Å². The van der Waals surface area contributed by atoms with Gasteiger partial charge in [-0.1, -0.05) is 48.2 Å². The van der Waals surface area contributed by atoms with E-state index in [0.29, 0.717) is 22.4 Å². The SMILES string of the molecule is Cc1ccccc1CSc1nnc(CNC(=O)Nc2cccc(C)c2C)n1-c1ccc([N+](=O)[O-])cc1. The van der Waals surface area contributed by atoms with Crippen LogP contribution in [0.4, 0.5) is 16.2 Å². The number of thioether (sulfide) groups is 1. The molecule has 1 aromatic heterocycles. The number of urea groups is 1. The van der Waals surface area contributed by atoms with E-state index in [1.165, 1.54) is 35.0 Å². The Morgan fingerprint density at radius 2 is 1.69 bits per heavy atom. The van der Waals surface area contributed by atoms with Gasteiger partial charge in [0, 0.05) is 29.3 Å². The second-order valence-electron chi connectivity index (χ2n) is 8.28. The van der Waals surface area contributed by atoms with Crippen LogP contribution >= 0.6 is 11.8 Å². The van der Waals surface area contributed by atoms with Crippen LogP contribution in [-0.2, 0) is 12.3 Å². The van der Waals surface area contributed by atoms with E-state index < -0.39 is 4.92 Å². The Hall–Kier alpha value is -4.18. The highest BCUT2D eigenvalue weighted by molar-refractivity contribution is 7.98. The zero-order valence-electron chi connectivity index (χ0n) is 20.2. The maximum Gasteiger partial charge on any atom is 0.319 e. The van der Waals surface area contributed by atoms with Gasteiger partial charge in [0.15, 0.2) is 11.0 Å². The minimum atomic E-state index is -0.441. The van der Waals surface area contributed by atoms with Crippen molar-refractivity contribution in [1.82, 2.24) is 20.1 Å².